The van der Waals surface area contributed by atoms with Gasteiger partial charge in [-0.05, 0) is 12.8 Å². The number of hydrogen-bond donors (Lipinski definition) is 2. The van der Waals surface area contributed by atoms with E-state index in [4.69, 9.17) is 5.84 Å². The SMILES string of the molecule is NNC(=O)N=S1(=O)CCCC1. The number of rotatable bonds is 0. The monoisotopic (exact) mass is 177 g/mol. The summed E-state index contributed by atoms with van der Waals surface area (Å²) in [7, 11) is -2.23. The topological polar surface area (TPSA) is 84.5 Å². The average molecular weight is 177 g/mol. The molecule has 1 rings (SSSR count). The second-order valence-corrected chi connectivity index (χ2v) is 4.97. The maximum atomic E-state index is 11.5. The Labute approximate surface area is 65.5 Å². The van der Waals surface area contributed by atoms with Crippen LogP contribution in [0.15, 0.2) is 4.36 Å². The number of carbonyl (C=O) groups excluding carboxylic acids is 1. The summed E-state index contributed by atoms with van der Waals surface area (Å²) in [6, 6.07) is -0.683. The van der Waals surface area contributed by atoms with Crippen LogP contribution in [0.2, 0.25) is 0 Å². The Balaban J connectivity index is 2.78. The normalized spacial score (nSPS) is 21.2. The van der Waals surface area contributed by atoms with E-state index in [1.165, 1.54) is 0 Å². The smallest absolute Gasteiger partial charge is 0.274 e. The Morgan fingerprint density at radius 1 is 1.45 bits per heavy atom. The molecule has 0 saturated carbocycles. The minimum atomic E-state index is -2.23. The molecule has 11 heavy (non-hydrogen) atoms. The highest BCUT2D eigenvalue weighted by Gasteiger charge is 2.17. The summed E-state index contributed by atoms with van der Waals surface area (Å²) >= 11 is 0. The van der Waals surface area contributed by atoms with Gasteiger partial charge in [-0.2, -0.15) is 0 Å². The van der Waals surface area contributed by atoms with Crippen LogP contribution >= 0.6 is 0 Å². The van der Waals surface area contributed by atoms with E-state index < -0.39 is 15.8 Å². The fraction of sp³-hybridized carbons (Fsp3) is 0.800. The van der Waals surface area contributed by atoms with Gasteiger partial charge in [-0.3, -0.25) is 5.43 Å². The van der Waals surface area contributed by atoms with Crippen LogP contribution in [0.1, 0.15) is 12.8 Å². The number of nitrogens with zero attached hydrogens (tertiary/aromatic N) is 1. The number of nitrogens with two attached hydrogens (primary N) is 1. The van der Waals surface area contributed by atoms with E-state index in [1.54, 1.807) is 0 Å². The molecule has 0 radical (unpaired) electrons. The first kappa shape index (κ1) is 8.48. The van der Waals surface area contributed by atoms with Gasteiger partial charge < -0.3 is 0 Å². The molecule has 0 aliphatic carbocycles. The lowest BCUT2D eigenvalue weighted by Crippen LogP contribution is -2.28. The molecular formula is C5H11N3O2S. The second-order valence-electron chi connectivity index (χ2n) is 2.43. The van der Waals surface area contributed by atoms with Crippen LogP contribution in [0.3, 0.4) is 0 Å². The number of hydrazine groups is 1. The van der Waals surface area contributed by atoms with E-state index in [2.05, 4.69) is 4.36 Å². The molecule has 0 spiro atoms. The molecule has 1 fully saturated rings. The quantitative estimate of drug-likeness (QED) is 0.306. The van der Waals surface area contributed by atoms with Gasteiger partial charge >= 0.3 is 6.03 Å². The molecule has 0 aromatic rings. The molecule has 0 aromatic heterocycles. The van der Waals surface area contributed by atoms with Crippen molar-refractivity contribution in [3.05, 3.63) is 0 Å². The van der Waals surface area contributed by atoms with Gasteiger partial charge in [-0.15, -0.1) is 4.36 Å². The van der Waals surface area contributed by atoms with Crippen molar-refractivity contribution in [2.45, 2.75) is 12.8 Å². The molecule has 1 aliphatic heterocycles. The Morgan fingerprint density at radius 2 is 2.00 bits per heavy atom. The predicted molar refractivity (Wildman–Crippen MR) is 42.3 cm³/mol. The summed E-state index contributed by atoms with van der Waals surface area (Å²) < 4.78 is 15.0. The second kappa shape index (κ2) is 3.19. The molecule has 6 heteroatoms. The number of nitrogens with one attached hydrogen (secondary N) is 1. The van der Waals surface area contributed by atoms with Gasteiger partial charge in [-0.25, -0.2) is 14.8 Å². The first-order valence-electron chi connectivity index (χ1n) is 3.39. The molecule has 1 heterocycles. The summed E-state index contributed by atoms with van der Waals surface area (Å²) in [5.74, 6) is 5.85. The fourth-order valence-electron chi connectivity index (χ4n) is 1.03. The van der Waals surface area contributed by atoms with Gasteiger partial charge in [0.05, 0.1) is 9.73 Å². The van der Waals surface area contributed by atoms with Crippen LogP contribution < -0.4 is 11.3 Å². The van der Waals surface area contributed by atoms with Crippen molar-refractivity contribution in [3.63, 3.8) is 0 Å². The third-order valence-corrected chi connectivity index (χ3v) is 3.90. The van der Waals surface area contributed by atoms with Crippen LogP contribution in [0.5, 0.6) is 0 Å². The highest BCUT2D eigenvalue weighted by molar-refractivity contribution is 7.94. The van der Waals surface area contributed by atoms with Gasteiger partial charge in [0.2, 0.25) is 0 Å². The lowest BCUT2D eigenvalue weighted by Gasteiger charge is -1.97. The summed E-state index contributed by atoms with van der Waals surface area (Å²) in [6.07, 6.45) is 1.78. The van der Waals surface area contributed by atoms with Gasteiger partial charge in [-0.1, -0.05) is 0 Å². The number of amides is 2. The molecule has 0 aromatic carbocycles. The average Bonchev–Trinajstić information content (AvgIpc) is 2.36. The number of carbonyl (C=O) groups is 1. The lowest BCUT2D eigenvalue weighted by molar-refractivity contribution is 0.250. The van der Waals surface area contributed by atoms with Crippen molar-refractivity contribution in [2.24, 2.45) is 10.2 Å². The first-order chi connectivity index (χ1) is 5.16. The van der Waals surface area contributed by atoms with E-state index in [0.29, 0.717) is 11.5 Å². The molecule has 0 unspecified atom stereocenters. The lowest BCUT2D eigenvalue weighted by atomic mass is 10.4. The minimum Gasteiger partial charge on any atom is -0.274 e. The van der Waals surface area contributed by atoms with Gasteiger partial charge in [0.15, 0.2) is 0 Å². The van der Waals surface area contributed by atoms with E-state index in [9.17, 15) is 9.00 Å². The van der Waals surface area contributed by atoms with Gasteiger partial charge in [0, 0.05) is 11.5 Å². The van der Waals surface area contributed by atoms with E-state index >= 15 is 0 Å². The maximum Gasteiger partial charge on any atom is 0.363 e. The molecule has 64 valence electrons. The Kier molecular flexibility index (Phi) is 2.45. The summed E-state index contributed by atoms with van der Waals surface area (Å²) in [5.41, 5.74) is 1.83. The van der Waals surface area contributed by atoms with E-state index in [0.717, 1.165) is 12.8 Å². The van der Waals surface area contributed by atoms with Crippen molar-refractivity contribution in [1.82, 2.24) is 5.43 Å². The van der Waals surface area contributed by atoms with Crippen LogP contribution in [-0.4, -0.2) is 21.7 Å². The number of hydrogen-bond acceptors (Lipinski definition) is 3. The van der Waals surface area contributed by atoms with Crippen molar-refractivity contribution in [2.75, 3.05) is 11.5 Å². The zero-order chi connectivity index (χ0) is 8.32. The zero-order valence-electron chi connectivity index (χ0n) is 6.08. The van der Waals surface area contributed by atoms with E-state index in [-0.39, 0.29) is 0 Å². The fourth-order valence-corrected chi connectivity index (χ4v) is 3.08. The van der Waals surface area contributed by atoms with Crippen LogP contribution in [-0.2, 0) is 9.73 Å². The van der Waals surface area contributed by atoms with Crippen molar-refractivity contribution >= 4 is 15.8 Å². The Bertz CT molecular complexity index is 255. The molecule has 2 amide bonds. The predicted octanol–water partition coefficient (Wildman–Crippen LogP) is -0.169. The Morgan fingerprint density at radius 3 is 2.45 bits per heavy atom. The molecule has 3 N–H and O–H groups in total. The summed E-state index contributed by atoms with van der Waals surface area (Å²) in [4.78, 5) is 10.6. The van der Waals surface area contributed by atoms with Gasteiger partial charge in [0.25, 0.3) is 0 Å². The highest BCUT2D eigenvalue weighted by atomic mass is 32.2. The van der Waals surface area contributed by atoms with Crippen LogP contribution in [0.4, 0.5) is 4.79 Å². The molecule has 1 aliphatic rings. The van der Waals surface area contributed by atoms with Crippen LogP contribution in [0, 0.1) is 0 Å². The third kappa shape index (κ3) is 2.16. The van der Waals surface area contributed by atoms with Crippen molar-refractivity contribution in [1.29, 1.82) is 0 Å². The van der Waals surface area contributed by atoms with E-state index in [1.807, 2.05) is 5.43 Å². The van der Waals surface area contributed by atoms with Crippen molar-refractivity contribution < 1.29 is 9.00 Å². The molecular weight excluding hydrogens is 166 g/mol. The molecule has 1 saturated heterocycles. The highest BCUT2D eigenvalue weighted by Crippen LogP contribution is 2.12. The Hall–Kier alpha value is -0.620. The largest absolute Gasteiger partial charge is 0.363 e. The summed E-state index contributed by atoms with van der Waals surface area (Å²) in [5, 5.41) is 0. The zero-order valence-corrected chi connectivity index (χ0v) is 6.89. The van der Waals surface area contributed by atoms with Crippen LogP contribution in [0.25, 0.3) is 0 Å². The molecule has 0 atom stereocenters. The summed E-state index contributed by atoms with van der Waals surface area (Å²) in [6.45, 7) is 0. The maximum absolute atomic E-state index is 11.5. The van der Waals surface area contributed by atoms with Crippen molar-refractivity contribution in [3.8, 4) is 0 Å². The molecule has 5 nitrogen and oxygen atoms in total. The molecule has 0 bridgehead atoms. The standard InChI is InChI=1S/C5H11N3O2S/c6-7-5(9)8-11(10)3-1-2-4-11/h1-4,6H2,(H,7,9). The third-order valence-electron chi connectivity index (χ3n) is 1.55. The minimum absolute atomic E-state index is 0.528. The number of urea groups is 1. The van der Waals surface area contributed by atoms with Gasteiger partial charge in [0.1, 0.15) is 0 Å². The first-order valence-corrected chi connectivity index (χ1v) is 5.25.